The number of rotatable bonds is 4. The van der Waals surface area contributed by atoms with Gasteiger partial charge in [0.2, 0.25) is 5.91 Å². The molecule has 1 aromatic heterocycles. The Labute approximate surface area is 124 Å². The maximum absolute atomic E-state index is 11.8. The van der Waals surface area contributed by atoms with Crippen molar-refractivity contribution in [3.05, 3.63) is 22.9 Å². The predicted octanol–water partition coefficient (Wildman–Crippen LogP) is 0.729. The van der Waals surface area contributed by atoms with Crippen LogP contribution in [-0.4, -0.2) is 48.5 Å². The van der Waals surface area contributed by atoms with Gasteiger partial charge in [0.1, 0.15) is 10.8 Å². The number of anilines is 1. The van der Waals surface area contributed by atoms with Gasteiger partial charge in [-0.15, -0.1) is 0 Å². The zero-order chi connectivity index (χ0) is 14.9. The first-order valence-corrected chi connectivity index (χ1v) is 7.05. The molecule has 1 aliphatic carbocycles. The Morgan fingerprint density at radius 2 is 2.10 bits per heavy atom. The molecule has 0 aromatic carbocycles. The summed E-state index contributed by atoms with van der Waals surface area (Å²) in [5, 5.41) is 0. The molecule has 2 N–H and O–H groups in total. The van der Waals surface area contributed by atoms with Crippen molar-refractivity contribution in [3.8, 4) is 0 Å². The number of aromatic nitrogens is 1. The van der Waals surface area contributed by atoms with Crippen LogP contribution < -0.4 is 10.6 Å². The van der Waals surface area contributed by atoms with Crippen molar-refractivity contribution >= 4 is 28.9 Å². The number of nitrogens with zero attached hydrogens (tertiary/aromatic N) is 3. The molecule has 0 saturated heterocycles. The van der Waals surface area contributed by atoms with Gasteiger partial charge < -0.3 is 15.5 Å². The summed E-state index contributed by atoms with van der Waals surface area (Å²) in [6.45, 7) is 0.258. The van der Waals surface area contributed by atoms with Crippen LogP contribution in [0.2, 0.25) is 0 Å². The maximum atomic E-state index is 11.8. The molecule has 108 valence electrons. The fourth-order valence-electron chi connectivity index (χ4n) is 2.35. The monoisotopic (exact) mass is 292 g/mol. The van der Waals surface area contributed by atoms with E-state index < -0.39 is 0 Å². The number of fused-ring (bicyclic) bond motifs is 1. The van der Waals surface area contributed by atoms with Crippen molar-refractivity contribution in [2.45, 2.75) is 19.3 Å². The molecule has 0 unspecified atom stereocenters. The molecule has 1 aliphatic rings. The SMILES string of the molecule is CN(C)C(=O)CN(C)c1nc2c(cc1C(N)=S)CCC2. The Hall–Kier alpha value is -1.69. The van der Waals surface area contributed by atoms with Gasteiger partial charge in [0.15, 0.2) is 0 Å². The summed E-state index contributed by atoms with van der Waals surface area (Å²) in [5.41, 5.74) is 8.89. The molecule has 5 nitrogen and oxygen atoms in total. The molecule has 0 radical (unpaired) electrons. The van der Waals surface area contributed by atoms with Crippen molar-refractivity contribution in [3.63, 3.8) is 0 Å². The van der Waals surface area contributed by atoms with Crippen molar-refractivity contribution in [2.75, 3.05) is 32.6 Å². The number of carbonyl (C=O) groups excluding carboxylic acids is 1. The zero-order valence-electron chi connectivity index (χ0n) is 12.1. The number of carbonyl (C=O) groups is 1. The van der Waals surface area contributed by atoms with Gasteiger partial charge in [-0.05, 0) is 30.9 Å². The van der Waals surface area contributed by atoms with E-state index in [1.54, 1.807) is 19.0 Å². The lowest BCUT2D eigenvalue weighted by Crippen LogP contribution is -2.35. The molecule has 1 heterocycles. The molecule has 2 rings (SSSR count). The molecule has 0 atom stereocenters. The first-order chi connectivity index (χ1) is 9.40. The molecule has 6 heteroatoms. The van der Waals surface area contributed by atoms with Crippen LogP contribution in [0.5, 0.6) is 0 Å². The van der Waals surface area contributed by atoms with E-state index in [9.17, 15) is 4.79 Å². The van der Waals surface area contributed by atoms with E-state index >= 15 is 0 Å². The number of aryl methyl sites for hydroxylation is 2. The van der Waals surface area contributed by atoms with E-state index in [0.29, 0.717) is 10.8 Å². The smallest absolute Gasteiger partial charge is 0.241 e. The van der Waals surface area contributed by atoms with E-state index in [0.717, 1.165) is 30.5 Å². The zero-order valence-corrected chi connectivity index (χ0v) is 13.0. The van der Waals surface area contributed by atoms with Gasteiger partial charge in [-0.3, -0.25) is 4.79 Å². The van der Waals surface area contributed by atoms with Gasteiger partial charge in [0.25, 0.3) is 0 Å². The van der Waals surface area contributed by atoms with Crippen LogP contribution in [0, 0.1) is 0 Å². The quantitative estimate of drug-likeness (QED) is 0.829. The number of hydrogen-bond acceptors (Lipinski definition) is 4. The molecular formula is C14H20N4OS. The second kappa shape index (κ2) is 5.75. The van der Waals surface area contributed by atoms with E-state index in [1.165, 1.54) is 5.56 Å². The summed E-state index contributed by atoms with van der Waals surface area (Å²) >= 11 is 5.12. The lowest BCUT2D eigenvalue weighted by Gasteiger charge is -2.23. The lowest BCUT2D eigenvalue weighted by atomic mass is 10.1. The maximum Gasteiger partial charge on any atom is 0.241 e. The van der Waals surface area contributed by atoms with Gasteiger partial charge in [-0.25, -0.2) is 4.98 Å². The summed E-state index contributed by atoms with van der Waals surface area (Å²) in [6.07, 6.45) is 3.12. The summed E-state index contributed by atoms with van der Waals surface area (Å²) in [4.78, 5) is 20.2. The highest BCUT2D eigenvalue weighted by atomic mass is 32.1. The molecule has 0 fully saturated rings. The topological polar surface area (TPSA) is 62.5 Å². The van der Waals surface area contributed by atoms with Crippen LogP contribution in [0.4, 0.5) is 5.82 Å². The lowest BCUT2D eigenvalue weighted by molar-refractivity contribution is -0.127. The second-order valence-corrected chi connectivity index (χ2v) is 5.77. The van der Waals surface area contributed by atoms with Crippen LogP contribution in [0.15, 0.2) is 6.07 Å². The van der Waals surface area contributed by atoms with Crippen LogP contribution >= 0.6 is 12.2 Å². The highest BCUT2D eigenvalue weighted by Crippen LogP contribution is 2.27. The fourth-order valence-corrected chi connectivity index (χ4v) is 2.50. The Kier molecular flexibility index (Phi) is 4.23. The Balaban J connectivity index is 2.34. The third-order valence-corrected chi connectivity index (χ3v) is 3.75. The molecule has 1 amide bonds. The third-order valence-electron chi connectivity index (χ3n) is 3.53. The minimum absolute atomic E-state index is 0.0173. The number of pyridine rings is 1. The van der Waals surface area contributed by atoms with Gasteiger partial charge >= 0.3 is 0 Å². The van der Waals surface area contributed by atoms with E-state index in [1.807, 2.05) is 18.0 Å². The normalized spacial score (nSPS) is 12.9. The number of nitrogens with two attached hydrogens (primary N) is 1. The van der Waals surface area contributed by atoms with E-state index in [2.05, 4.69) is 4.98 Å². The van der Waals surface area contributed by atoms with Gasteiger partial charge in [0, 0.05) is 26.8 Å². The summed E-state index contributed by atoms with van der Waals surface area (Å²) in [5.74, 6) is 0.719. The molecule has 20 heavy (non-hydrogen) atoms. The van der Waals surface area contributed by atoms with Crippen molar-refractivity contribution in [2.24, 2.45) is 5.73 Å². The Bertz CT molecular complexity index is 556. The predicted molar refractivity (Wildman–Crippen MR) is 84.1 cm³/mol. The minimum Gasteiger partial charge on any atom is -0.389 e. The minimum atomic E-state index is 0.0173. The Morgan fingerprint density at radius 3 is 2.70 bits per heavy atom. The van der Waals surface area contributed by atoms with E-state index in [4.69, 9.17) is 18.0 Å². The number of hydrogen-bond donors (Lipinski definition) is 1. The fraction of sp³-hybridized carbons (Fsp3) is 0.500. The highest BCUT2D eigenvalue weighted by Gasteiger charge is 2.21. The van der Waals surface area contributed by atoms with Gasteiger partial charge in [-0.1, -0.05) is 12.2 Å². The number of thiocarbonyl (C=S) groups is 1. The highest BCUT2D eigenvalue weighted by molar-refractivity contribution is 7.80. The molecule has 0 aliphatic heterocycles. The molecule has 1 aromatic rings. The largest absolute Gasteiger partial charge is 0.389 e. The first-order valence-electron chi connectivity index (χ1n) is 6.64. The van der Waals surface area contributed by atoms with Gasteiger partial charge in [0.05, 0.1) is 12.1 Å². The van der Waals surface area contributed by atoms with Crippen molar-refractivity contribution < 1.29 is 4.79 Å². The van der Waals surface area contributed by atoms with Crippen LogP contribution in [0.3, 0.4) is 0 Å². The number of likely N-dealkylation sites (N-methyl/N-ethyl adjacent to an activating group) is 2. The first kappa shape index (κ1) is 14.7. The Morgan fingerprint density at radius 1 is 1.40 bits per heavy atom. The summed E-state index contributed by atoms with van der Waals surface area (Å²) < 4.78 is 0. The van der Waals surface area contributed by atoms with Crippen molar-refractivity contribution in [1.82, 2.24) is 9.88 Å². The van der Waals surface area contributed by atoms with Crippen LogP contribution in [0.25, 0.3) is 0 Å². The molecule has 0 bridgehead atoms. The van der Waals surface area contributed by atoms with E-state index in [-0.39, 0.29) is 12.5 Å². The van der Waals surface area contributed by atoms with Crippen LogP contribution in [-0.2, 0) is 17.6 Å². The second-order valence-electron chi connectivity index (χ2n) is 5.33. The summed E-state index contributed by atoms with van der Waals surface area (Å²) in [6, 6.07) is 2.03. The molecule has 0 spiro atoms. The average molecular weight is 292 g/mol. The van der Waals surface area contributed by atoms with Gasteiger partial charge in [-0.2, -0.15) is 0 Å². The average Bonchev–Trinajstić information content (AvgIpc) is 2.83. The molecular weight excluding hydrogens is 272 g/mol. The van der Waals surface area contributed by atoms with Crippen LogP contribution in [0.1, 0.15) is 23.2 Å². The van der Waals surface area contributed by atoms with Crippen molar-refractivity contribution in [1.29, 1.82) is 0 Å². The summed E-state index contributed by atoms with van der Waals surface area (Å²) in [7, 11) is 5.31. The number of amides is 1. The third kappa shape index (κ3) is 2.90. The standard InChI is InChI=1S/C14H20N4OS/c1-17(2)12(19)8-18(3)14-10(13(15)20)7-9-5-4-6-11(9)16-14/h7H,4-6,8H2,1-3H3,(H2,15,20). The molecule has 0 saturated carbocycles.